The molecule has 0 radical (unpaired) electrons. The topological polar surface area (TPSA) is 36.9 Å². The van der Waals surface area contributed by atoms with E-state index in [0.29, 0.717) is 0 Å². The van der Waals surface area contributed by atoms with Crippen molar-refractivity contribution < 1.29 is 18.6 Å². The van der Waals surface area contributed by atoms with Gasteiger partial charge in [-0.1, -0.05) is 13.1 Å². The van der Waals surface area contributed by atoms with Crippen molar-refractivity contribution in [3.8, 4) is 0 Å². The molecule has 1 fully saturated rings. The van der Waals surface area contributed by atoms with E-state index in [9.17, 15) is 0 Å². The van der Waals surface area contributed by atoms with Gasteiger partial charge in [0, 0.05) is 20.8 Å². The quantitative estimate of drug-likeness (QED) is 0.520. The monoisotopic (exact) mass is 264 g/mol. The summed E-state index contributed by atoms with van der Waals surface area (Å²) in [5.74, 6) is -0.157. The third-order valence-electron chi connectivity index (χ3n) is 3.14. The zero-order chi connectivity index (χ0) is 12.0. The Morgan fingerprint density at radius 2 is 1.94 bits per heavy atom. The molecular formula is C10H24O4Si2. The molecular weight excluding hydrogens is 240 g/mol. The summed E-state index contributed by atoms with van der Waals surface area (Å²) in [4.78, 5) is 0. The summed E-state index contributed by atoms with van der Waals surface area (Å²) in [5.41, 5.74) is -0.250. The highest BCUT2D eigenvalue weighted by Crippen LogP contribution is 2.28. The molecule has 1 aliphatic rings. The first-order chi connectivity index (χ1) is 7.64. The largest absolute Gasteiger partial charge is 0.395 e. The highest BCUT2D eigenvalue weighted by molar-refractivity contribution is 6.59. The van der Waals surface area contributed by atoms with Crippen LogP contribution in [0.4, 0.5) is 0 Å². The fourth-order valence-corrected chi connectivity index (χ4v) is 5.74. The van der Waals surface area contributed by atoms with Crippen molar-refractivity contribution in [2.24, 2.45) is 0 Å². The fourth-order valence-electron chi connectivity index (χ4n) is 1.97. The minimum absolute atomic E-state index is 0.157. The van der Waals surface area contributed by atoms with Gasteiger partial charge < -0.3 is 18.6 Å². The molecule has 0 aromatic rings. The Morgan fingerprint density at radius 3 is 2.38 bits per heavy atom. The smallest absolute Gasteiger partial charge is 0.227 e. The Morgan fingerprint density at radius 1 is 1.25 bits per heavy atom. The average Bonchev–Trinajstić information content (AvgIpc) is 2.31. The first kappa shape index (κ1) is 14.3. The number of methoxy groups -OCH3 is 2. The van der Waals surface area contributed by atoms with Crippen LogP contribution in [-0.4, -0.2) is 50.7 Å². The van der Waals surface area contributed by atoms with Crippen LogP contribution in [0.5, 0.6) is 0 Å². The maximum absolute atomic E-state index is 6.10. The van der Waals surface area contributed by atoms with Crippen molar-refractivity contribution in [3.63, 3.8) is 0 Å². The summed E-state index contributed by atoms with van der Waals surface area (Å²) in [5, 5.41) is 0. The van der Waals surface area contributed by atoms with Gasteiger partial charge in [-0.3, -0.25) is 0 Å². The molecule has 0 aromatic heterocycles. The van der Waals surface area contributed by atoms with E-state index in [1.165, 1.54) is 6.42 Å². The van der Waals surface area contributed by atoms with Crippen LogP contribution in [0.15, 0.2) is 0 Å². The first-order valence-corrected chi connectivity index (χ1v) is 10.3. The lowest BCUT2D eigenvalue weighted by Gasteiger charge is -2.41. The molecule has 0 spiro atoms. The molecule has 1 rings (SSSR count). The van der Waals surface area contributed by atoms with Gasteiger partial charge in [0.2, 0.25) is 9.76 Å². The number of hydrogen-bond acceptors (Lipinski definition) is 4. The molecule has 0 aromatic carbocycles. The summed E-state index contributed by atoms with van der Waals surface area (Å²) in [7, 11) is 1.47. The molecule has 1 aliphatic heterocycles. The second-order valence-corrected chi connectivity index (χ2v) is 8.96. The number of rotatable bonds is 6. The Balaban J connectivity index is 2.50. The summed E-state index contributed by atoms with van der Waals surface area (Å²) >= 11 is 0. The van der Waals surface area contributed by atoms with Crippen molar-refractivity contribution in [2.45, 2.75) is 43.7 Å². The van der Waals surface area contributed by atoms with Gasteiger partial charge in [-0.2, -0.15) is 0 Å². The molecule has 0 N–H and O–H groups in total. The van der Waals surface area contributed by atoms with Gasteiger partial charge in [0.05, 0.1) is 0 Å². The number of hydrogen-bond donors (Lipinski definition) is 0. The molecule has 4 nitrogen and oxygen atoms in total. The second kappa shape index (κ2) is 6.88. The van der Waals surface area contributed by atoms with Crippen LogP contribution >= 0.6 is 0 Å². The van der Waals surface area contributed by atoms with Gasteiger partial charge in [0.1, 0.15) is 14.2 Å². The van der Waals surface area contributed by atoms with Crippen molar-refractivity contribution in [1.82, 2.24) is 0 Å². The minimum Gasteiger partial charge on any atom is -0.395 e. The van der Waals surface area contributed by atoms with Crippen LogP contribution < -0.4 is 0 Å². The highest BCUT2D eigenvalue weighted by atomic mass is 28.3. The number of ether oxygens (including phenoxy) is 3. The summed E-state index contributed by atoms with van der Waals surface area (Å²) in [6.07, 6.45) is 3.42. The van der Waals surface area contributed by atoms with Gasteiger partial charge in [-0.15, -0.1) is 0 Å². The Kier molecular flexibility index (Phi) is 6.16. The van der Waals surface area contributed by atoms with E-state index in [1.54, 1.807) is 14.2 Å². The van der Waals surface area contributed by atoms with Crippen molar-refractivity contribution in [1.29, 1.82) is 0 Å². The average molecular weight is 264 g/mol. The standard InChI is InChI=1S/C10H24O4Si2/c1-11-9(12-2)15-14-10(16(3)4)7-5-6-8-13-10/h9,16H,5-8,15H2,1-4H3. The fraction of sp³-hybridized carbons (Fsp3) is 1.00. The van der Waals surface area contributed by atoms with Crippen LogP contribution in [0.3, 0.4) is 0 Å². The van der Waals surface area contributed by atoms with E-state index in [4.69, 9.17) is 18.6 Å². The molecule has 1 heterocycles. The van der Waals surface area contributed by atoms with E-state index < -0.39 is 18.6 Å². The molecule has 0 saturated carbocycles. The van der Waals surface area contributed by atoms with Gasteiger partial charge in [0.25, 0.3) is 0 Å². The molecule has 1 atom stereocenters. The molecule has 16 heavy (non-hydrogen) atoms. The van der Waals surface area contributed by atoms with Crippen LogP contribution in [0.2, 0.25) is 13.1 Å². The Hall–Kier alpha value is 0.274. The van der Waals surface area contributed by atoms with Crippen LogP contribution in [0.25, 0.3) is 0 Å². The molecule has 1 saturated heterocycles. The SMILES string of the molecule is COC(OC)[SiH2]OC1([SiH](C)C)CCCCO1. The molecule has 0 aliphatic carbocycles. The van der Waals surface area contributed by atoms with Gasteiger partial charge in [0.15, 0.2) is 5.91 Å². The van der Waals surface area contributed by atoms with E-state index in [-0.39, 0.29) is 11.3 Å². The third-order valence-corrected chi connectivity index (χ3v) is 7.44. The molecule has 0 bridgehead atoms. The second-order valence-electron chi connectivity index (χ2n) is 4.48. The lowest BCUT2D eigenvalue weighted by Crippen LogP contribution is -2.52. The van der Waals surface area contributed by atoms with Crippen LogP contribution in [-0.2, 0) is 18.6 Å². The van der Waals surface area contributed by atoms with Crippen molar-refractivity contribution >= 4 is 18.6 Å². The van der Waals surface area contributed by atoms with Gasteiger partial charge in [-0.05, 0) is 19.3 Å². The maximum Gasteiger partial charge on any atom is 0.227 e. The van der Waals surface area contributed by atoms with E-state index in [2.05, 4.69) is 13.1 Å². The predicted molar refractivity (Wildman–Crippen MR) is 68.8 cm³/mol. The van der Waals surface area contributed by atoms with Gasteiger partial charge >= 0.3 is 0 Å². The highest BCUT2D eigenvalue weighted by Gasteiger charge is 2.38. The van der Waals surface area contributed by atoms with Crippen LogP contribution in [0, 0.1) is 0 Å². The molecule has 1 unspecified atom stereocenters. The zero-order valence-corrected chi connectivity index (χ0v) is 13.4. The van der Waals surface area contributed by atoms with Crippen LogP contribution in [0.1, 0.15) is 19.3 Å². The summed E-state index contributed by atoms with van der Waals surface area (Å²) in [6.45, 7) is 5.41. The zero-order valence-electron chi connectivity index (χ0n) is 10.8. The van der Waals surface area contributed by atoms with E-state index >= 15 is 0 Å². The molecule has 96 valence electrons. The maximum atomic E-state index is 6.10. The summed E-state index contributed by atoms with van der Waals surface area (Å²) in [6, 6.07) is 0. The summed E-state index contributed by atoms with van der Waals surface area (Å²) < 4.78 is 22.4. The Bertz CT molecular complexity index is 191. The van der Waals surface area contributed by atoms with E-state index in [1.807, 2.05) is 0 Å². The van der Waals surface area contributed by atoms with E-state index in [0.717, 1.165) is 19.4 Å². The Labute approximate surface area is 102 Å². The first-order valence-electron chi connectivity index (χ1n) is 5.98. The predicted octanol–water partition coefficient (Wildman–Crippen LogP) is 0.586. The molecule has 0 amide bonds. The van der Waals surface area contributed by atoms with Crippen molar-refractivity contribution in [3.05, 3.63) is 0 Å². The third kappa shape index (κ3) is 3.64. The normalized spacial score (nSPS) is 27.4. The lowest BCUT2D eigenvalue weighted by molar-refractivity contribution is -0.158. The lowest BCUT2D eigenvalue weighted by atomic mass is 10.2. The minimum atomic E-state index is -0.990. The van der Waals surface area contributed by atoms with Crippen molar-refractivity contribution in [2.75, 3.05) is 20.8 Å². The van der Waals surface area contributed by atoms with Gasteiger partial charge in [-0.25, -0.2) is 0 Å². The molecule has 6 heteroatoms.